The first-order chi connectivity index (χ1) is 9.00. The highest BCUT2D eigenvalue weighted by Gasteiger charge is 2.34. The predicted octanol–water partition coefficient (Wildman–Crippen LogP) is 3.39. The Hall–Kier alpha value is -1.04. The largest absolute Gasteiger partial charge is 0.435 e. The fraction of sp³-hybridized carbons (Fsp3) is 0.769. The van der Waals surface area contributed by atoms with Crippen LogP contribution in [0.5, 0.6) is 0 Å². The summed E-state index contributed by atoms with van der Waals surface area (Å²) in [5.41, 5.74) is -0.795. The number of rotatable bonds is 4. The van der Waals surface area contributed by atoms with Gasteiger partial charge in [0.1, 0.15) is 0 Å². The van der Waals surface area contributed by atoms with Crippen LogP contribution in [0.3, 0.4) is 0 Å². The average molecular weight is 275 g/mol. The maximum atomic E-state index is 12.5. The minimum Gasteiger partial charge on any atom is -0.314 e. The number of alkyl halides is 3. The zero-order chi connectivity index (χ0) is 13.9. The molecule has 19 heavy (non-hydrogen) atoms. The minimum atomic E-state index is -4.35. The Morgan fingerprint density at radius 3 is 2.84 bits per heavy atom. The van der Waals surface area contributed by atoms with Crippen molar-refractivity contribution in [2.45, 2.75) is 57.3 Å². The Morgan fingerprint density at radius 2 is 2.21 bits per heavy atom. The summed E-state index contributed by atoms with van der Waals surface area (Å²) in [6, 6.07) is 1.54. The van der Waals surface area contributed by atoms with Crippen LogP contribution in [0.25, 0.3) is 0 Å². The molecule has 0 saturated heterocycles. The van der Waals surface area contributed by atoms with E-state index in [4.69, 9.17) is 0 Å². The molecule has 0 bridgehead atoms. The molecule has 0 aromatic carbocycles. The first kappa shape index (κ1) is 14.4. The van der Waals surface area contributed by atoms with Gasteiger partial charge in [0.15, 0.2) is 5.69 Å². The molecule has 0 spiro atoms. The van der Waals surface area contributed by atoms with E-state index in [1.807, 2.05) is 0 Å². The van der Waals surface area contributed by atoms with Crippen LogP contribution >= 0.6 is 0 Å². The molecule has 3 nitrogen and oxygen atoms in total. The van der Waals surface area contributed by atoms with Gasteiger partial charge >= 0.3 is 6.18 Å². The second-order valence-electron chi connectivity index (χ2n) is 5.15. The van der Waals surface area contributed by atoms with Crippen LogP contribution < -0.4 is 5.32 Å². The summed E-state index contributed by atoms with van der Waals surface area (Å²) < 4.78 is 39.1. The van der Waals surface area contributed by atoms with Crippen molar-refractivity contribution in [1.29, 1.82) is 0 Å². The van der Waals surface area contributed by atoms with Crippen molar-refractivity contribution < 1.29 is 13.2 Å². The molecule has 0 aliphatic heterocycles. The van der Waals surface area contributed by atoms with Crippen LogP contribution in [-0.2, 0) is 6.18 Å². The quantitative estimate of drug-likeness (QED) is 0.913. The van der Waals surface area contributed by atoms with E-state index in [2.05, 4.69) is 17.3 Å². The zero-order valence-corrected chi connectivity index (χ0v) is 11.1. The summed E-state index contributed by atoms with van der Waals surface area (Å²) >= 11 is 0. The highest BCUT2D eigenvalue weighted by Crippen LogP contribution is 2.31. The number of nitrogens with zero attached hydrogens (tertiary/aromatic N) is 2. The molecule has 2 atom stereocenters. The average Bonchev–Trinajstić information content (AvgIpc) is 2.86. The summed E-state index contributed by atoms with van der Waals surface area (Å²) in [6.07, 6.45) is 2.08. The normalized spacial score (nSPS) is 24.6. The van der Waals surface area contributed by atoms with Crippen molar-refractivity contribution in [3.05, 3.63) is 18.0 Å². The SMILES string of the molecule is CCCNC1CCCC(n2ccc(C(F)(F)F)n2)C1. The van der Waals surface area contributed by atoms with Crippen LogP contribution in [-0.4, -0.2) is 22.4 Å². The van der Waals surface area contributed by atoms with Gasteiger partial charge in [-0.25, -0.2) is 0 Å². The van der Waals surface area contributed by atoms with Crippen molar-refractivity contribution in [3.8, 4) is 0 Å². The van der Waals surface area contributed by atoms with Gasteiger partial charge in [-0.1, -0.05) is 6.92 Å². The molecular weight excluding hydrogens is 255 g/mol. The highest BCUT2D eigenvalue weighted by atomic mass is 19.4. The molecule has 1 saturated carbocycles. The smallest absolute Gasteiger partial charge is 0.314 e. The third-order valence-electron chi connectivity index (χ3n) is 3.60. The van der Waals surface area contributed by atoms with E-state index in [0.29, 0.717) is 6.04 Å². The lowest BCUT2D eigenvalue weighted by atomic mass is 9.91. The molecular formula is C13H20F3N3. The van der Waals surface area contributed by atoms with Crippen molar-refractivity contribution in [2.75, 3.05) is 6.54 Å². The van der Waals surface area contributed by atoms with Gasteiger partial charge in [-0.2, -0.15) is 18.3 Å². The van der Waals surface area contributed by atoms with E-state index in [0.717, 1.165) is 44.7 Å². The third kappa shape index (κ3) is 3.72. The number of halogens is 3. The maximum absolute atomic E-state index is 12.5. The molecule has 1 aliphatic rings. The maximum Gasteiger partial charge on any atom is 0.435 e. The monoisotopic (exact) mass is 275 g/mol. The lowest BCUT2D eigenvalue weighted by Crippen LogP contribution is -2.35. The van der Waals surface area contributed by atoms with Crippen LogP contribution in [0, 0.1) is 0 Å². The molecule has 0 radical (unpaired) electrons. The Labute approximate surface area is 111 Å². The van der Waals surface area contributed by atoms with E-state index in [1.165, 1.54) is 10.9 Å². The van der Waals surface area contributed by atoms with Crippen LogP contribution in [0.2, 0.25) is 0 Å². The summed E-state index contributed by atoms with van der Waals surface area (Å²) in [4.78, 5) is 0. The standard InChI is InChI=1S/C13H20F3N3/c1-2-7-17-10-4-3-5-11(9-10)19-8-6-12(18-19)13(14,15)16/h6,8,10-11,17H,2-5,7,9H2,1H3. The fourth-order valence-corrected chi connectivity index (χ4v) is 2.63. The molecule has 1 aliphatic carbocycles. The Kier molecular flexibility index (Phi) is 4.50. The molecule has 108 valence electrons. The fourth-order valence-electron chi connectivity index (χ4n) is 2.63. The second-order valence-corrected chi connectivity index (χ2v) is 5.15. The van der Waals surface area contributed by atoms with E-state index in [1.54, 1.807) is 0 Å². The Balaban J connectivity index is 1.99. The first-order valence-corrected chi connectivity index (χ1v) is 6.86. The highest BCUT2D eigenvalue weighted by molar-refractivity contribution is 5.04. The second kappa shape index (κ2) is 5.94. The molecule has 1 aromatic heterocycles. The molecule has 2 rings (SSSR count). The summed E-state index contributed by atoms with van der Waals surface area (Å²) in [5, 5.41) is 7.13. The Bertz CT molecular complexity index is 400. The van der Waals surface area contributed by atoms with Crippen molar-refractivity contribution in [2.24, 2.45) is 0 Å². The van der Waals surface area contributed by atoms with Gasteiger partial charge in [-0.05, 0) is 44.7 Å². The minimum absolute atomic E-state index is 0.0826. The van der Waals surface area contributed by atoms with E-state index >= 15 is 0 Å². The molecule has 1 aromatic rings. The first-order valence-electron chi connectivity index (χ1n) is 6.86. The summed E-state index contributed by atoms with van der Waals surface area (Å²) in [5.74, 6) is 0. The number of hydrogen-bond acceptors (Lipinski definition) is 2. The van der Waals surface area contributed by atoms with Crippen molar-refractivity contribution in [3.63, 3.8) is 0 Å². The molecule has 1 N–H and O–H groups in total. The van der Waals surface area contributed by atoms with Crippen LogP contribution in [0.1, 0.15) is 50.8 Å². The van der Waals surface area contributed by atoms with Gasteiger partial charge in [-0.3, -0.25) is 4.68 Å². The topological polar surface area (TPSA) is 29.9 Å². The van der Waals surface area contributed by atoms with Crippen molar-refractivity contribution in [1.82, 2.24) is 15.1 Å². The van der Waals surface area contributed by atoms with Gasteiger partial charge in [-0.15, -0.1) is 0 Å². The van der Waals surface area contributed by atoms with E-state index in [9.17, 15) is 13.2 Å². The van der Waals surface area contributed by atoms with Gasteiger partial charge < -0.3 is 5.32 Å². The molecule has 2 unspecified atom stereocenters. The van der Waals surface area contributed by atoms with Gasteiger partial charge in [0.2, 0.25) is 0 Å². The van der Waals surface area contributed by atoms with Gasteiger partial charge in [0.25, 0.3) is 0 Å². The lowest BCUT2D eigenvalue weighted by Gasteiger charge is -2.30. The van der Waals surface area contributed by atoms with Crippen molar-refractivity contribution >= 4 is 0 Å². The molecule has 1 heterocycles. The van der Waals surface area contributed by atoms with E-state index < -0.39 is 11.9 Å². The van der Waals surface area contributed by atoms with Crippen LogP contribution in [0.4, 0.5) is 13.2 Å². The number of nitrogens with one attached hydrogen (secondary N) is 1. The van der Waals surface area contributed by atoms with Gasteiger partial charge in [0, 0.05) is 12.2 Å². The molecule has 1 fully saturated rings. The molecule has 6 heteroatoms. The third-order valence-corrected chi connectivity index (χ3v) is 3.60. The number of aromatic nitrogens is 2. The van der Waals surface area contributed by atoms with Crippen LogP contribution in [0.15, 0.2) is 12.3 Å². The Morgan fingerprint density at radius 1 is 1.42 bits per heavy atom. The number of hydrogen-bond donors (Lipinski definition) is 1. The predicted molar refractivity (Wildman–Crippen MR) is 66.8 cm³/mol. The summed E-state index contributed by atoms with van der Waals surface area (Å²) in [7, 11) is 0. The van der Waals surface area contributed by atoms with Gasteiger partial charge in [0.05, 0.1) is 6.04 Å². The molecule has 0 amide bonds. The lowest BCUT2D eigenvalue weighted by molar-refractivity contribution is -0.141. The van der Waals surface area contributed by atoms with E-state index in [-0.39, 0.29) is 6.04 Å². The zero-order valence-electron chi connectivity index (χ0n) is 11.1. The summed E-state index contributed by atoms with van der Waals surface area (Å²) in [6.45, 7) is 3.07.